The van der Waals surface area contributed by atoms with Crippen molar-refractivity contribution in [2.75, 3.05) is 14.9 Å². The van der Waals surface area contributed by atoms with Crippen LogP contribution in [-0.4, -0.2) is 16.9 Å². The first-order chi connectivity index (χ1) is 13.0. The van der Waals surface area contributed by atoms with Crippen LogP contribution in [0.5, 0.6) is 0 Å². The third kappa shape index (κ3) is 4.62. The summed E-state index contributed by atoms with van der Waals surface area (Å²) in [5.74, 6) is -1.15. The number of halogens is 1. The Kier molecular flexibility index (Phi) is 5.68. The number of hydrogen-bond donors (Lipinski definition) is 3. The molecule has 2 N–H and O–H groups in total. The van der Waals surface area contributed by atoms with Crippen molar-refractivity contribution < 1.29 is 14.0 Å². The molecule has 0 spiro atoms. The van der Waals surface area contributed by atoms with Crippen LogP contribution in [0.25, 0.3) is 0 Å². The van der Waals surface area contributed by atoms with Gasteiger partial charge in [-0.15, -0.1) is 0 Å². The summed E-state index contributed by atoms with van der Waals surface area (Å²) in [6.07, 6.45) is 3.12. The minimum absolute atomic E-state index is 0.0471. The number of nitrogens with one attached hydrogen (secondary N) is 2. The molecule has 0 aliphatic rings. The Morgan fingerprint density at radius 2 is 1.52 bits per heavy atom. The van der Waals surface area contributed by atoms with Gasteiger partial charge in [-0.05, 0) is 48.5 Å². The van der Waals surface area contributed by atoms with E-state index in [-0.39, 0.29) is 5.56 Å². The zero-order chi connectivity index (χ0) is 19.2. The number of nitrogens with zero attached hydrogens (tertiary/aromatic N) is 2. The fraction of sp³-hybridized carbons (Fsp3) is 0. The lowest BCUT2D eigenvalue weighted by Crippen LogP contribution is -2.26. The second kappa shape index (κ2) is 8.33. The number of carbonyl (C=O) groups excluding carboxylic acids is 2. The van der Waals surface area contributed by atoms with Gasteiger partial charge in [-0.1, -0.05) is 24.9 Å². The highest BCUT2D eigenvalue weighted by molar-refractivity contribution is 7.82. The van der Waals surface area contributed by atoms with Gasteiger partial charge in [-0.25, -0.2) is 13.5 Å². The SMILES string of the molecule is O=C(Nc1ccc(N(S)C(=O)Nc2ccncc2)cc1)c1ccccc1F. The van der Waals surface area contributed by atoms with Crippen molar-refractivity contribution in [3.8, 4) is 0 Å². The quantitative estimate of drug-likeness (QED) is 0.587. The second-order valence-corrected chi connectivity index (χ2v) is 5.86. The molecule has 136 valence electrons. The highest BCUT2D eigenvalue weighted by Gasteiger charge is 2.14. The van der Waals surface area contributed by atoms with Gasteiger partial charge < -0.3 is 10.6 Å². The van der Waals surface area contributed by atoms with Crippen molar-refractivity contribution in [1.29, 1.82) is 0 Å². The first-order valence-electron chi connectivity index (χ1n) is 7.90. The zero-order valence-corrected chi connectivity index (χ0v) is 14.9. The van der Waals surface area contributed by atoms with Crippen molar-refractivity contribution >= 4 is 41.8 Å². The first kappa shape index (κ1) is 18.4. The zero-order valence-electron chi connectivity index (χ0n) is 14.0. The van der Waals surface area contributed by atoms with Crippen LogP contribution in [-0.2, 0) is 0 Å². The summed E-state index contributed by atoms with van der Waals surface area (Å²) in [4.78, 5) is 28.2. The van der Waals surface area contributed by atoms with E-state index in [1.54, 1.807) is 54.9 Å². The lowest BCUT2D eigenvalue weighted by atomic mass is 10.2. The van der Waals surface area contributed by atoms with Crippen LogP contribution in [0.1, 0.15) is 10.4 Å². The summed E-state index contributed by atoms with van der Waals surface area (Å²) < 4.78 is 14.8. The van der Waals surface area contributed by atoms with E-state index in [2.05, 4.69) is 28.4 Å². The Bertz CT molecular complexity index is 951. The maximum Gasteiger partial charge on any atom is 0.336 e. The van der Waals surface area contributed by atoms with Gasteiger partial charge in [0.1, 0.15) is 5.82 Å². The highest BCUT2D eigenvalue weighted by Crippen LogP contribution is 2.21. The third-order valence-corrected chi connectivity index (χ3v) is 4.02. The van der Waals surface area contributed by atoms with E-state index in [1.165, 1.54) is 18.2 Å². The number of carbonyl (C=O) groups is 2. The van der Waals surface area contributed by atoms with E-state index in [9.17, 15) is 14.0 Å². The van der Waals surface area contributed by atoms with E-state index in [4.69, 9.17) is 0 Å². The lowest BCUT2D eigenvalue weighted by Gasteiger charge is -2.17. The molecule has 0 fully saturated rings. The number of rotatable bonds is 4. The van der Waals surface area contributed by atoms with Crippen LogP contribution in [0.15, 0.2) is 73.1 Å². The summed E-state index contributed by atoms with van der Waals surface area (Å²) >= 11 is 4.19. The standard InChI is InChI=1S/C19H15FN4O2S/c20-17-4-2-1-3-16(17)18(25)22-13-5-7-15(8-6-13)24(27)19(26)23-14-9-11-21-12-10-14/h1-12,27H,(H,22,25)(H,21,23,26). The Morgan fingerprint density at radius 1 is 0.889 bits per heavy atom. The predicted molar refractivity (Wildman–Crippen MR) is 106 cm³/mol. The van der Waals surface area contributed by atoms with E-state index in [0.29, 0.717) is 17.1 Å². The average molecular weight is 382 g/mol. The fourth-order valence-electron chi connectivity index (χ4n) is 2.26. The molecule has 0 aliphatic carbocycles. The lowest BCUT2D eigenvalue weighted by molar-refractivity contribution is 0.102. The van der Waals surface area contributed by atoms with Crippen molar-refractivity contribution in [3.05, 3.63) is 84.4 Å². The van der Waals surface area contributed by atoms with Crippen LogP contribution in [0.3, 0.4) is 0 Å². The van der Waals surface area contributed by atoms with Gasteiger partial charge in [0.2, 0.25) is 0 Å². The van der Waals surface area contributed by atoms with Gasteiger partial charge in [0, 0.05) is 23.8 Å². The van der Waals surface area contributed by atoms with E-state index in [0.717, 1.165) is 4.31 Å². The van der Waals surface area contributed by atoms with Gasteiger partial charge >= 0.3 is 6.03 Å². The number of urea groups is 1. The average Bonchev–Trinajstić information content (AvgIpc) is 2.69. The van der Waals surface area contributed by atoms with Gasteiger partial charge in [-0.3, -0.25) is 9.78 Å². The molecule has 0 saturated heterocycles. The van der Waals surface area contributed by atoms with Crippen molar-refractivity contribution in [1.82, 2.24) is 4.98 Å². The van der Waals surface area contributed by atoms with Crippen LogP contribution in [0, 0.1) is 5.82 Å². The minimum atomic E-state index is -0.596. The molecule has 0 radical (unpaired) electrons. The molecular formula is C19H15FN4O2S. The Morgan fingerprint density at radius 3 is 2.19 bits per heavy atom. The molecular weight excluding hydrogens is 367 g/mol. The van der Waals surface area contributed by atoms with Crippen molar-refractivity contribution in [2.24, 2.45) is 0 Å². The number of aromatic nitrogens is 1. The van der Waals surface area contributed by atoms with Crippen LogP contribution < -0.4 is 14.9 Å². The van der Waals surface area contributed by atoms with Gasteiger partial charge in [-0.2, -0.15) is 0 Å². The Balaban J connectivity index is 1.65. The molecule has 0 atom stereocenters. The van der Waals surface area contributed by atoms with E-state index in [1.807, 2.05) is 0 Å². The maximum atomic E-state index is 13.7. The highest BCUT2D eigenvalue weighted by atomic mass is 32.1. The van der Waals surface area contributed by atoms with Gasteiger partial charge in [0.15, 0.2) is 0 Å². The molecule has 1 heterocycles. The van der Waals surface area contributed by atoms with Crippen molar-refractivity contribution in [3.63, 3.8) is 0 Å². The molecule has 6 nitrogen and oxygen atoms in total. The second-order valence-electron chi connectivity index (χ2n) is 5.46. The summed E-state index contributed by atoms with van der Waals surface area (Å²) in [6.45, 7) is 0. The molecule has 0 bridgehead atoms. The van der Waals surface area contributed by atoms with E-state index < -0.39 is 17.8 Å². The molecule has 3 aromatic rings. The largest absolute Gasteiger partial charge is 0.336 e. The van der Waals surface area contributed by atoms with Crippen molar-refractivity contribution in [2.45, 2.75) is 0 Å². The Labute approximate surface area is 160 Å². The number of benzene rings is 2. The third-order valence-electron chi connectivity index (χ3n) is 3.61. The Hall–Kier alpha value is -3.39. The number of anilines is 3. The van der Waals surface area contributed by atoms with Gasteiger partial charge in [0.25, 0.3) is 5.91 Å². The van der Waals surface area contributed by atoms with Crippen LogP contribution in [0.2, 0.25) is 0 Å². The molecule has 1 aromatic heterocycles. The number of thiol groups is 1. The molecule has 0 unspecified atom stereocenters. The predicted octanol–water partition coefficient (Wildman–Crippen LogP) is 4.36. The number of hydrogen-bond acceptors (Lipinski definition) is 4. The monoisotopic (exact) mass is 382 g/mol. The normalized spacial score (nSPS) is 10.1. The molecule has 27 heavy (non-hydrogen) atoms. The smallest absolute Gasteiger partial charge is 0.322 e. The van der Waals surface area contributed by atoms with Gasteiger partial charge in [0.05, 0.1) is 11.3 Å². The number of amides is 3. The molecule has 0 saturated carbocycles. The molecule has 3 amide bonds. The molecule has 8 heteroatoms. The molecule has 3 rings (SSSR count). The summed E-state index contributed by atoms with van der Waals surface area (Å²) in [5.41, 5.74) is 1.49. The topological polar surface area (TPSA) is 74.3 Å². The molecule has 2 aromatic carbocycles. The summed E-state index contributed by atoms with van der Waals surface area (Å²) in [5, 5.41) is 5.28. The maximum absolute atomic E-state index is 13.7. The fourth-order valence-corrected chi connectivity index (χ4v) is 2.44. The minimum Gasteiger partial charge on any atom is -0.322 e. The first-order valence-corrected chi connectivity index (χ1v) is 8.30. The van der Waals surface area contributed by atoms with Crippen LogP contribution >= 0.6 is 12.8 Å². The van der Waals surface area contributed by atoms with E-state index >= 15 is 0 Å². The number of pyridine rings is 1. The molecule has 0 aliphatic heterocycles. The summed E-state index contributed by atoms with van der Waals surface area (Å²) in [7, 11) is 0. The van der Waals surface area contributed by atoms with Crippen LogP contribution in [0.4, 0.5) is 26.2 Å². The summed E-state index contributed by atoms with van der Waals surface area (Å²) in [6, 6.07) is 15.0.